The lowest BCUT2D eigenvalue weighted by atomic mass is 10.2. The molecular formula is C10H11NO. The van der Waals surface area contributed by atoms with E-state index in [9.17, 15) is 0 Å². The number of rotatable bonds is 2. The largest absolute Gasteiger partial charge is 0.493 e. The van der Waals surface area contributed by atoms with Crippen LogP contribution in [0.3, 0.4) is 0 Å². The van der Waals surface area contributed by atoms with Crippen molar-refractivity contribution in [2.45, 2.75) is 0 Å². The Morgan fingerprint density at radius 1 is 1.50 bits per heavy atom. The molecule has 1 rings (SSSR count). The number of benzene rings is 1. The van der Waals surface area contributed by atoms with Crippen molar-refractivity contribution >= 4 is 5.69 Å². The van der Waals surface area contributed by atoms with Crippen LogP contribution in [-0.2, 0) is 0 Å². The first kappa shape index (κ1) is 8.48. The molecule has 2 heteroatoms. The van der Waals surface area contributed by atoms with Gasteiger partial charge in [0.15, 0.2) is 5.75 Å². The van der Waals surface area contributed by atoms with Crippen molar-refractivity contribution in [2.24, 2.45) is 0 Å². The van der Waals surface area contributed by atoms with Crippen molar-refractivity contribution in [3.63, 3.8) is 0 Å². The van der Waals surface area contributed by atoms with E-state index in [-0.39, 0.29) is 0 Å². The highest BCUT2D eigenvalue weighted by Gasteiger charge is 2.03. The average molecular weight is 161 g/mol. The summed E-state index contributed by atoms with van der Waals surface area (Å²) in [7, 11) is 3.44. The fourth-order valence-electron chi connectivity index (χ4n) is 1.07. The Kier molecular flexibility index (Phi) is 2.60. The number of nitrogens with one attached hydrogen (secondary N) is 1. The second kappa shape index (κ2) is 3.68. The number of para-hydroxylation sites is 1. The fourth-order valence-corrected chi connectivity index (χ4v) is 1.07. The molecule has 1 aromatic rings. The molecule has 0 aromatic heterocycles. The summed E-state index contributed by atoms with van der Waals surface area (Å²) in [6, 6.07) is 5.66. The van der Waals surface area contributed by atoms with Crippen molar-refractivity contribution < 1.29 is 4.74 Å². The van der Waals surface area contributed by atoms with Crippen LogP contribution in [0.25, 0.3) is 0 Å². The summed E-state index contributed by atoms with van der Waals surface area (Å²) < 4.78 is 5.15. The first-order valence-corrected chi connectivity index (χ1v) is 3.65. The molecule has 0 amide bonds. The Morgan fingerprint density at radius 3 is 2.75 bits per heavy atom. The van der Waals surface area contributed by atoms with Crippen LogP contribution >= 0.6 is 0 Å². The molecule has 0 heterocycles. The van der Waals surface area contributed by atoms with E-state index in [1.807, 2.05) is 25.2 Å². The third kappa shape index (κ3) is 1.35. The van der Waals surface area contributed by atoms with Gasteiger partial charge in [-0.25, -0.2) is 0 Å². The summed E-state index contributed by atoms with van der Waals surface area (Å²) in [5.74, 6) is 3.28. The molecule has 0 saturated carbocycles. The van der Waals surface area contributed by atoms with E-state index in [2.05, 4.69) is 11.2 Å². The summed E-state index contributed by atoms with van der Waals surface area (Å²) in [5, 5.41) is 3.00. The molecule has 1 aromatic carbocycles. The minimum atomic E-state index is 0.725. The lowest BCUT2D eigenvalue weighted by Gasteiger charge is -2.08. The number of hydrogen-bond donors (Lipinski definition) is 1. The third-order valence-electron chi connectivity index (χ3n) is 1.64. The first-order chi connectivity index (χ1) is 5.83. The van der Waals surface area contributed by atoms with E-state index in [0.29, 0.717) is 0 Å². The van der Waals surface area contributed by atoms with Crippen LogP contribution in [0.5, 0.6) is 5.75 Å². The predicted molar refractivity (Wildman–Crippen MR) is 50.5 cm³/mol. The molecule has 0 atom stereocenters. The molecule has 0 saturated heterocycles. The Labute approximate surface area is 72.6 Å². The minimum absolute atomic E-state index is 0.725. The highest BCUT2D eigenvalue weighted by Crippen LogP contribution is 2.27. The molecule has 12 heavy (non-hydrogen) atoms. The highest BCUT2D eigenvalue weighted by atomic mass is 16.5. The third-order valence-corrected chi connectivity index (χ3v) is 1.64. The Hall–Kier alpha value is -1.62. The number of hydrogen-bond acceptors (Lipinski definition) is 2. The van der Waals surface area contributed by atoms with Gasteiger partial charge in [0.25, 0.3) is 0 Å². The molecule has 1 N–H and O–H groups in total. The van der Waals surface area contributed by atoms with Gasteiger partial charge in [0.05, 0.1) is 18.4 Å². The van der Waals surface area contributed by atoms with Gasteiger partial charge in [-0.15, -0.1) is 6.42 Å². The van der Waals surface area contributed by atoms with Gasteiger partial charge >= 0.3 is 0 Å². The summed E-state index contributed by atoms with van der Waals surface area (Å²) in [6.45, 7) is 0. The summed E-state index contributed by atoms with van der Waals surface area (Å²) in [4.78, 5) is 0. The van der Waals surface area contributed by atoms with Crippen LogP contribution in [0.1, 0.15) is 5.56 Å². The van der Waals surface area contributed by atoms with Crippen LogP contribution < -0.4 is 10.1 Å². The number of anilines is 1. The van der Waals surface area contributed by atoms with Gasteiger partial charge in [0.2, 0.25) is 0 Å². The van der Waals surface area contributed by atoms with Crippen molar-refractivity contribution in [1.82, 2.24) is 0 Å². The number of terminal acetylenes is 1. The molecule has 0 aliphatic carbocycles. The Bertz CT molecular complexity index is 312. The van der Waals surface area contributed by atoms with Crippen molar-refractivity contribution in [2.75, 3.05) is 19.5 Å². The lowest BCUT2D eigenvalue weighted by molar-refractivity contribution is 0.415. The summed E-state index contributed by atoms with van der Waals surface area (Å²) in [5.41, 5.74) is 1.68. The van der Waals surface area contributed by atoms with E-state index < -0.39 is 0 Å². The maximum Gasteiger partial charge on any atom is 0.157 e. The molecule has 0 bridgehead atoms. The topological polar surface area (TPSA) is 21.3 Å². The van der Waals surface area contributed by atoms with E-state index in [1.165, 1.54) is 0 Å². The smallest absolute Gasteiger partial charge is 0.157 e. The van der Waals surface area contributed by atoms with Gasteiger partial charge in [-0.05, 0) is 12.1 Å². The van der Waals surface area contributed by atoms with Crippen LogP contribution in [0.2, 0.25) is 0 Å². The van der Waals surface area contributed by atoms with Gasteiger partial charge in [-0.2, -0.15) is 0 Å². The van der Waals surface area contributed by atoms with Crippen molar-refractivity contribution in [3.8, 4) is 18.1 Å². The van der Waals surface area contributed by atoms with Gasteiger partial charge < -0.3 is 10.1 Å². The molecule has 0 spiro atoms. The summed E-state index contributed by atoms with van der Waals surface area (Å²) >= 11 is 0. The normalized spacial score (nSPS) is 8.75. The van der Waals surface area contributed by atoms with Crippen LogP contribution in [-0.4, -0.2) is 14.2 Å². The van der Waals surface area contributed by atoms with Crippen LogP contribution in [0.15, 0.2) is 18.2 Å². The standard InChI is InChI=1S/C10H11NO/c1-4-8-6-5-7-9(11-2)10(8)12-3/h1,5-7,11H,2-3H3. The number of ether oxygens (including phenoxy) is 1. The zero-order chi connectivity index (χ0) is 8.97. The van der Waals surface area contributed by atoms with Gasteiger partial charge in [-0.3, -0.25) is 0 Å². The Morgan fingerprint density at radius 2 is 2.25 bits per heavy atom. The molecule has 0 aliphatic heterocycles. The van der Waals surface area contributed by atoms with Crippen molar-refractivity contribution in [1.29, 1.82) is 0 Å². The number of methoxy groups -OCH3 is 1. The van der Waals surface area contributed by atoms with Gasteiger partial charge in [0.1, 0.15) is 0 Å². The van der Waals surface area contributed by atoms with E-state index in [0.717, 1.165) is 17.0 Å². The monoisotopic (exact) mass is 161 g/mol. The maximum absolute atomic E-state index is 5.29. The predicted octanol–water partition coefficient (Wildman–Crippen LogP) is 1.72. The zero-order valence-electron chi connectivity index (χ0n) is 7.22. The lowest BCUT2D eigenvalue weighted by Crippen LogP contribution is -1.95. The first-order valence-electron chi connectivity index (χ1n) is 3.65. The van der Waals surface area contributed by atoms with E-state index in [4.69, 9.17) is 11.2 Å². The molecule has 0 aliphatic rings. The van der Waals surface area contributed by atoms with E-state index in [1.54, 1.807) is 7.11 Å². The SMILES string of the molecule is C#Cc1cccc(NC)c1OC. The van der Waals surface area contributed by atoms with Crippen LogP contribution in [0, 0.1) is 12.3 Å². The molecular weight excluding hydrogens is 150 g/mol. The van der Waals surface area contributed by atoms with Crippen LogP contribution in [0.4, 0.5) is 5.69 Å². The fraction of sp³-hybridized carbons (Fsp3) is 0.200. The average Bonchev–Trinajstić information content (AvgIpc) is 2.16. The maximum atomic E-state index is 5.29. The highest BCUT2D eigenvalue weighted by molar-refractivity contribution is 5.63. The molecule has 2 nitrogen and oxygen atoms in total. The second-order valence-electron chi connectivity index (χ2n) is 2.28. The van der Waals surface area contributed by atoms with E-state index >= 15 is 0 Å². The molecule has 0 fully saturated rings. The summed E-state index contributed by atoms with van der Waals surface area (Å²) in [6.07, 6.45) is 5.29. The van der Waals surface area contributed by atoms with Gasteiger partial charge in [-0.1, -0.05) is 12.0 Å². The zero-order valence-corrected chi connectivity index (χ0v) is 7.22. The minimum Gasteiger partial charge on any atom is -0.493 e. The Balaban J connectivity index is 3.24. The van der Waals surface area contributed by atoms with Gasteiger partial charge in [0, 0.05) is 7.05 Å². The second-order valence-corrected chi connectivity index (χ2v) is 2.28. The molecule has 0 radical (unpaired) electrons. The molecule has 62 valence electrons. The molecule has 0 unspecified atom stereocenters. The van der Waals surface area contributed by atoms with Crippen molar-refractivity contribution in [3.05, 3.63) is 23.8 Å². The quantitative estimate of drug-likeness (QED) is 0.667.